The highest BCUT2D eigenvalue weighted by atomic mass is 16.7. The Labute approximate surface area is 232 Å². The highest BCUT2D eigenvalue weighted by Crippen LogP contribution is 2.56. The highest BCUT2D eigenvalue weighted by Gasteiger charge is 2.54. The molecule has 0 radical (unpaired) electrons. The summed E-state index contributed by atoms with van der Waals surface area (Å²) in [6.07, 6.45) is 1.05. The Morgan fingerprint density at radius 1 is 1.23 bits per heavy atom. The molecule has 212 valence electrons. The van der Waals surface area contributed by atoms with Crippen molar-refractivity contribution in [3.05, 3.63) is 39.4 Å². The highest BCUT2D eigenvalue weighted by molar-refractivity contribution is 5.73. The smallest absolute Gasteiger partial charge is 0.231 e. The van der Waals surface area contributed by atoms with Crippen molar-refractivity contribution in [2.45, 2.75) is 63.8 Å². The molecule has 40 heavy (non-hydrogen) atoms. The first kappa shape index (κ1) is 26.5. The van der Waals surface area contributed by atoms with E-state index in [-0.39, 0.29) is 49.9 Å². The number of carbonyl (C=O) groups is 1. The van der Waals surface area contributed by atoms with Crippen LogP contribution in [0.1, 0.15) is 52.4 Å². The van der Waals surface area contributed by atoms with Crippen LogP contribution in [0.4, 0.5) is 0 Å². The maximum atomic E-state index is 12.1. The molecule has 0 aromatic heterocycles. The van der Waals surface area contributed by atoms with Gasteiger partial charge in [-0.25, -0.2) is 0 Å². The third kappa shape index (κ3) is 3.85. The van der Waals surface area contributed by atoms with Gasteiger partial charge >= 0.3 is 0 Å². The van der Waals surface area contributed by atoms with Gasteiger partial charge in [0.1, 0.15) is 11.8 Å². The molecule has 1 amide bonds. The molecule has 11 heteroatoms. The van der Waals surface area contributed by atoms with Crippen LogP contribution in [0.3, 0.4) is 0 Å². The van der Waals surface area contributed by atoms with Crippen molar-refractivity contribution >= 4 is 5.91 Å². The number of carbonyl (C=O) groups excluding carboxylic acids is 1. The maximum absolute atomic E-state index is 12.1. The van der Waals surface area contributed by atoms with E-state index < -0.39 is 12.1 Å². The van der Waals surface area contributed by atoms with E-state index in [4.69, 9.17) is 23.7 Å². The SMILES string of the molecule is COCOc1c(OC)c(C)cc2c1[C@@H]1NC(C2)[C@H](C#N)N2C1Cc1c(O)c(C)c3c(c1[C@@H]2CNC(C)=O)OCO3. The van der Waals surface area contributed by atoms with Crippen molar-refractivity contribution in [2.75, 3.05) is 34.4 Å². The Hall–Kier alpha value is -3.72. The van der Waals surface area contributed by atoms with Gasteiger partial charge < -0.3 is 39.4 Å². The molecule has 0 aliphatic carbocycles. The number of phenols is 1. The summed E-state index contributed by atoms with van der Waals surface area (Å²) < 4.78 is 28.9. The number of nitriles is 1. The van der Waals surface area contributed by atoms with Gasteiger partial charge in [0.25, 0.3) is 0 Å². The molecule has 4 aliphatic rings. The van der Waals surface area contributed by atoms with Gasteiger partial charge in [-0.3, -0.25) is 9.69 Å². The van der Waals surface area contributed by atoms with Crippen molar-refractivity contribution in [3.63, 3.8) is 0 Å². The standard InChI is InChI=1S/C29H34N4O7/c1-13-6-16-7-18-20(9-30)33-19(24(32-18)22(16)28(26(13)37-5)38-11-36-4)8-17-23(21(33)10-31-15(3)34)29-27(39-12-40-29)14(2)25(17)35/h6,18-21,24,32,35H,7-8,10-12H2,1-5H3,(H,31,34)/t18?,19?,20-,21-,24+/m0/s1. The van der Waals surface area contributed by atoms with Crippen molar-refractivity contribution in [3.8, 4) is 34.8 Å². The molecule has 2 aromatic carbocycles. The van der Waals surface area contributed by atoms with Crippen LogP contribution in [0, 0.1) is 25.2 Å². The van der Waals surface area contributed by atoms with Gasteiger partial charge in [0.05, 0.1) is 25.3 Å². The number of nitrogens with zero attached hydrogens (tertiary/aromatic N) is 2. The predicted octanol–water partition coefficient (Wildman–Crippen LogP) is 2.29. The molecule has 2 bridgehead atoms. The summed E-state index contributed by atoms with van der Waals surface area (Å²) >= 11 is 0. The fourth-order valence-electron chi connectivity index (χ4n) is 7.10. The minimum absolute atomic E-state index is 0.0452. The number of benzene rings is 2. The molecular weight excluding hydrogens is 516 g/mol. The molecule has 4 heterocycles. The van der Waals surface area contributed by atoms with Crippen LogP contribution < -0.4 is 29.6 Å². The summed E-state index contributed by atoms with van der Waals surface area (Å²) in [7, 11) is 3.19. The van der Waals surface area contributed by atoms with E-state index in [0.717, 1.165) is 27.8 Å². The van der Waals surface area contributed by atoms with E-state index in [0.29, 0.717) is 41.4 Å². The topological polar surface area (TPSA) is 135 Å². The summed E-state index contributed by atoms with van der Waals surface area (Å²) in [5.74, 6) is 2.29. The molecule has 1 saturated heterocycles. The molecule has 0 saturated carbocycles. The average Bonchev–Trinajstić information content (AvgIpc) is 3.43. The van der Waals surface area contributed by atoms with Gasteiger partial charge in [-0.2, -0.15) is 5.26 Å². The molecule has 2 aromatic rings. The zero-order valence-corrected chi connectivity index (χ0v) is 23.3. The predicted molar refractivity (Wildman–Crippen MR) is 143 cm³/mol. The van der Waals surface area contributed by atoms with Gasteiger partial charge in [-0.05, 0) is 37.8 Å². The Morgan fingerprint density at radius 3 is 2.70 bits per heavy atom. The molecule has 1 fully saturated rings. The lowest BCUT2D eigenvalue weighted by Crippen LogP contribution is -2.68. The molecule has 4 aliphatic heterocycles. The summed E-state index contributed by atoms with van der Waals surface area (Å²) in [6.45, 7) is 5.60. The summed E-state index contributed by atoms with van der Waals surface area (Å²) in [5, 5.41) is 28.7. The first-order valence-corrected chi connectivity index (χ1v) is 13.4. The summed E-state index contributed by atoms with van der Waals surface area (Å²) in [6, 6.07) is 3.05. The molecule has 5 atom stereocenters. The zero-order valence-electron chi connectivity index (χ0n) is 23.3. The van der Waals surface area contributed by atoms with Crippen LogP contribution in [0.5, 0.6) is 28.7 Å². The fourth-order valence-corrected chi connectivity index (χ4v) is 7.10. The van der Waals surface area contributed by atoms with E-state index in [9.17, 15) is 15.2 Å². The van der Waals surface area contributed by atoms with Crippen molar-refractivity contribution in [1.82, 2.24) is 15.5 Å². The lowest BCUT2D eigenvalue weighted by atomic mass is 9.72. The number of aromatic hydroxyl groups is 1. The van der Waals surface area contributed by atoms with E-state index >= 15 is 0 Å². The Kier molecular flexibility index (Phi) is 6.65. The minimum Gasteiger partial charge on any atom is -0.507 e. The second-order valence-electron chi connectivity index (χ2n) is 10.8. The normalized spacial score (nSPS) is 25.8. The average molecular weight is 551 g/mol. The number of fused-ring (bicyclic) bond motifs is 9. The lowest BCUT2D eigenvalue weighted by Gasteiger charge is -2.56. The number of hydrogen-bond acceptors (Lipinski definition) is 10. The molecular formula is C29H34N4O7. The number of hydrogen-bond donors (Lipinski definition) is 3. The first-order valence-electron chi connectivity index (χ1n) is 13.4. The van der Waals surface area contributed by atoms with Crippen LogP contribution in [0.15, 0.2) is 6.07 Å². The number of piperazine rings is 1. The van der Waals surface area contributed by atoms with Crippen LogP contribution in [-0.2, 0) is 22.4 Å². The molecule has 3 N–H and O–H groups in total. The number of phenolic OH excluding ortho intramolecular Hbond substituents is 1. The molecule has 0 spiro atoms. The van der Waals surface area contributed by atoms with E-state index in [1.165, 1.54) is 6.92 Å². The zero-order chi connectivity index (χ0) is 28.3. The Balaban J connectivity index is 1.57. The number of aryl methyl sites for hydroxylation is 1. The Morgan fingerprint density at radius 2 is 2.00 bits per heavy atom. The number of nitrogens with one attached hydrogen (secondary N) is 2. The molecule has 11 nitrogen and oxygen atoms in total. The van der Waals surface area contributed by atoms with Gasteiger partial charge in [0, 0.05) is 54.9 Å². The van der Waals surface area contributed by atoms with Crippen molar-refractivity contribution in [1.29, 1.82) is 5.26 Å². The molecule has 6 rings (SSSR count). The summed E-state index contributed by atoms with van der Waals surface area (Å²) in [5.41, 5.74) is 5.10. The van der Waals surface area contributed by atoms with Crippen molar-refractivity contribution in [2.24, 2.45) is 0 Å². The number of methoxy groups -OCH3 is 2. The van der Waals surface area contributed by atoms with Crippen LogP contribution in [0.2, 0.25) is 0 Å². The van der Waals surface area contributed by atoms with Crippen LogP contribution in [-0.4, -0.2) is 68.4 Å². The van der Waals surface area contributed by atoms with Crippen LogP contribution in [0.25, 0.3) is 0 Å². The Bertz CT molecular complexity index is 1420. The number of amides is 1. The second-order valence-corrected chi connectivity index (χ2v) is 10.8. The van der Waals surface area contributed by atoms with E-state index in [1.807, 2.05) is 13.8 Å². The monoisotopic (exact) mass is 550 g/mol. The van der Waals surface area contributed by atoms with Gasteiger partial charge in [-0.15, -0.1) is 0 Å². The number of ether oxygens (including phenoxy) is 5. The number of rotatable bonds is 6. The van der Waals surface area contributed by atoms with Crippen molar-refractivity contribution < 1.29 is 33.6 Å². The lowest BCUT2D eigenvalue weighted by molar-refractivity contribution is -0.119. The summed E-state index contributed by atoms with van der Waals surface area (Å²) in [4.78, 5) is 14.3. The second kappa shape index (κ2) is 10.0. The fraction of sp³-hybridized carbons (Fsp3) is 0.517. The van der Waals surface area contributed by atoms with Gasteiger partial charge in [0.2, 0.25) is 12.7 Å². The van der Waals surface area contributed by atoms with E-state index in [2.05, 4.69) is 27.7 Å². The molecule has 2 unspecified atom stereocenters. The van der Waals surface area contributed by atoms with Gasteiger partial charge in [-0.1, -0.05) is 6.07 Å². The minimum atomic E-state index is -0.506. The van der Waals surface area contributed by atoms with Crippen LogP contribution >= 0.6 is 0 Å². The third-order valence-corrected chi connectivity index (χ3v) is 8.63. The maximum Gasteiger partial charge on any atom is 0.231 e. The van der Waals surface area contributed by atoms with Gasteiger partial charge in [0.15, 0.2) is 29.8 Å². The largest absolute Gasteiger partial charge is 0.507 e. The first-order chi connectivity index (χ1) is 19.3. The third-order valence-electron chi connectivity index (χ3n) is 8.63. The van der Waals surface area contributed by atoms with E-state index in [1.54, 1.807) is 14.2 Å². The quantitative estimate of drug-likeness (QED) is 0.460.